The van der Waals surface area contributed by atoms with Crippen molar-refractivity contribution in [3.05, 3.63) is 35.6 Å². The van der Waals surface area contributed by atoms with Gasteiger partial charge in [-0.15, -0.1) is 0 Å². The Labute approximate surface area is 113 Å². The van der Waals surface area contributed by atoms with Gasteiger partial charge >= 0.3 is 0 Å². The Hall–Kier alpha value is -1.42. The van der Waals surface area contributed by atoms with Gasteiger partial charge in [0.1, 0.15) is 5.82 Å². The van der Waals surface area contributed by atoms with Gasteiger partial charge in [-0.1, -0.05) is 26.0 Å². The Morgan fingerprint density at radius 1 is 1.47 bits per heavy atom. The van der Waals surface area contributed by atoms with Crippen molar-refractivity contribution in [2.45, 2.75) is 26.3 Å². The molecular formula is C15H21FN2O. The molecule has 3 nitrogen and oxygen atoms in total. The van der Waals surface area contributed by atoms with Gasteiger partial charge in [0.25, 0.3) is 5.91 Å². The summed E-state index contributed by atoms with van der Waals surface area (Å²) in [6, 6.07) is 6.37. The maximum Gasteiger partial charge on any atom is 0.257 e. The molecule has 0 spiro atoms. The number of carbonyl (C=O) groups excluding carboxylic acids is 1. The van der Waals surface area contributed by atoms with Crippen LogP contribution in [0.15, 0.2) is 24.3 Å². The van der Waals surface area contributed by atoms with Crippen molar-refractivity contribution in [1.82, 2.24) is 10.2 Å². The van der Waals surface area contributed by atoms with Gasteiger partial charge in [-0.25, -0.2) is 4.39 Å². The molecule has 0 saturated carbocycles. The van der Waals surface area contributed by atoms with Crippen molar-refractivity contribution in [1.29, 1.82) is 0 Å². The fourth-order valence-corrected chi connectivity index (χ4v) is 2.57. The summed E-state index contributed by atoms with van der Waals surface area (Å²) in [5.74, 6) is -0.111. The van der Waals surface area contributed by atoms with Gasteiger partial charge in [0, 0.05) is 25.7 Å². The Kier molecular flexibility index (Phi) is 4.53. The zero-order valence-corrected chi connectivity index (χ0v) is 11.5. The number of hydrogen-bond acceptors (Lipinski definition) is 2. The molecule has 1 N–H and O–H groups in total. The molecular weight excluding hydrogens is 243 g/mol. The lowest BCUT2D eigenvalue weighted by molar-refractivity contribution is 0.0605. The predicted molar refractivity (Wildman–Crippen MR) is 73.5 cm³/mol. The van der Waals surface area contributed by atoms with E-state index in [1.165, 1.54) is 6.07 Å². The highest BCUT2D eigenvalue weighted by molar-refractivity contribution is 5.94. The summed E-state index contributed by atoms with van der Waals surface area (Å²) < 4.78 is 13.7. The smallest absolute Gasteiger partial charge is 0.257 e. The van der Waals surface area contributed by atoms with Crippen molar-refractivity contribution in [2.24, 2.45) is 5.92 Å². The summed E-state index contributed by atoms with van der Waals surface area (Å²) >= 11 is 0. The lowest BCUT2D eigenvalue weighted by Gasteiger charge is -2.37. The summed E-state index contributed by atoms with van der Waals surface area (Å²) in [5, 5.41) is 3.30. The van der Waals surface area contributed by atoms with E-state index in [2.05, 4.69) is 19.2 Å². The summed E-state index contributed by atoms with van der Waals surface area (Å²) in [7, 11) is 0. The summed E-state index contributed by atoms with van der Waals surface area (Å²) in [4.78, 5) is 14.3. The summed E-state index contributed by atoms with van der Waals surface area (Å²) in [6.45, 7) is 6.48. The van der Waals surface area contributed by atoms with E-state index in [9.17, 15) is 9.18 Å². The fraction of sp³-hybridized carbons (Fsp3) is 0.533. The molecule has 1 saturated heterocycles. The predicted octanol–water partition coefficient (Wildman–Crippen LogP) is 2.29. The van der Waals surface area contributed by atoms with E-state index in [0.717, 1.165) is 19.5 Å². The van der Waals surface area contributed by atoms with E-state index in [1.807, 2.05) is 4.90 Å². The zero-order chi connectivity index (χ0) is 13.8. The normalized spacial score (nSPS) is 19.8. The number of nitrogens with zero attached hydrogens (tertiary/aromatic N) is 1. The molecule has 4 heteroatoms. The van der Waals surface area contributed by atoms with Gasteiger partial charge in [0.05, 0.1) is 5.56 Å². The molecule has 1 heterocycles. The first kappa shape index (κ1) is 14.0. The summed E-state index contributed by atoms with van der Waals surface area (Å²) in [6.07, 6.45) is 0.938. The lowest BCUT2D eigenvalue weighted by Crippen LogP contribution is -2.54. The number of carbonyl (C=O) groups is 1. The average molecular weight is 264 g/mol. The van der Waals surface area contributed by atoms with Crippen LogP contribution in [0.4, 0.5) is 4.39 Å². The van der Waals surface area contributed by atoms with Gasteiger partial charge < -0.3 is 10.2 Å². The van der Waals surface area contributed by atoms with Gasteiger partial charge in [0.2, 0.25) is 0 Å². The SMILES string of the molecule is CC(C)CC1CNCCN1C(=O)c1ccccc1F. The second kappa shape index (κ2) is 6.15. The molecule has 0 aromatic heterocycles. The Morgan fingerprint density at radius 3 is 2.89 bits per heavy atom. The second-order valence-corrected chi connectivity index (χ2v) is 5.47. The van der Waals surface area contributed by atoms with Crippen molar-refractivity contribution >= 4 is 5.91 Å². The van der Waals surface area contributed by atoms with Crippen LogP contribution in [0.1, 0.15) is 30.6 Å². The molecule has 1 amide bonds. The van der Waals surface area contributed by atoms with Crippen LogP contribution in [0.2, 0.25) is 0 Å². The first-order chi connectivity index (χ1) is 9.09. The molecule has 104 valence electrons. The number of piperazine rings is 1. The van der Waals surface area contributed by atoms with Crippen LogP contribution < -0.4 is 5.32 Å². The Bertz CT molecular complexity index is 448. The van der Waals surface area contributed by atoms with Gasteiger partial charge in [-0.3, -0.25) is 4.79 Å². The van der Waals surface area contributed by atoms with E-state index in [-0.39, 0.29) is 17.5 Å². The molecule has 0 aliphatic carbocycles. The van der Waals surface area contributed by atoms with Gasteiger partial charge in [-0.05, 0) is 24.5 Å². The maximum atomic E-state index is 13.7. The number of rotatable bonds is 3. The second-order valence-electron chi connectivity index (χ2n) is 5.47. The van der Waals surface area contributed by atoms with E-state index in [1.54, 1.807) is 18.2 Å². The van der Waals surface area contributed by atoms with Crippen LogP contribution in [0.3, 0.4) is 0 Å². The first-order valence-corrected chi connectivity index (χ1v) is 6.86. The number of amides is 1. The van der Waals surface area contributed by atoms with E-state index < -0.39 is 5.82 Å². The molecule has 1 unspecified atom stereocenters. The van der Waals surface area contributed by atoms with Crippen LogP contribution in [0.5, 0.6) is 0 Å². The third kappa shape index (κ3) is 3.32. The highest BCUT2D eigenvalue weighted by Crippen LogP contribution is 2.18. The molecule has 19 heavy (non-hydrogen) atoms. The molecule has 0 bridgehead atoms. The molecule has 1 aromatic carbocycles. The monoisotopic (exact) mass is 264 g/mol. The van der Waals surface area contributed by atoms with E-state index in [4.69, 9.17) is 0 Å². The van der Waals surface area contributed by atoms with E-state index in [0.29, 0.717) is 12.5 Å². The highest BCUT2D eigenvalue weighted by Gasteiger charge is 2.28. The van der Waals surface area contributed by atoms with Crippen LogP contribution in [-0.2, 0) is 0 Å². The Balaban J connectivity index is 2.18. The molecule has 1 aromatic rings. The van der Waals surface area contributed by atoms with Crippen molar-refractivity contribution in [3.63, 3.8) is 0 Å². The highest BCUT2D eigenvalue weighted by atomic mass is 19.1. The first-order valence-electron chi connectivity index (χ1n) is 6.86. The standard InChI is InChI=1S/C15H21FN2O/c1-11(2)9-12-10-17-7-8-18(12)15(19)13-5-3-4-6-14(13)16/h3-6,11-12,17H,7-10H2,1-2H3. The van der Waals surface area contributed by atoms with Gasteiger partial charge in [0.15, 0.2) is 0 Å². The quantitative estimate of drug-likeness (QED) is 0.908. The van der Waals surface area contributed by atoms with Crippen LogP contribution >= 0.6 is 0 Å². The van der Waals surface area contributed by atoms with Crippen molar-refractivity contribution < 1.29 is 9.18 Å². The van der Waals surface area contributed by atoms with Crippen LogP contribution in [0.25, 0.3) is 0 Å². The van der Waals surface area contributed by atoms with Crippen LogP contribution in [-0.4, -0.2) is 36.5 Å². The topological polar surface area (TPSA) is 32.3 Å². The molecule has 2 rings (SSSR count). The number of nitrogens with one attached hydrogen (secondary N) is 1. The molecule has 1 atom stereocenters. The minimum Gasteiger partial charge on any atom is -0.333 e. The maximum absolute atomic E-state index is 13.7. The minimum atomic E-state index is -0.436. The molecule has 0 radical (unpaired) electrons. The zero-order valence-electron chi connectivity index (χ0n) is 11.5. The fourth-order valence-electron chi connectivity index (χ4n) is 2.57. The largest absolute Gasteiger partial charge is 0.333 e. The minimum absolute atomic E-state index is 0.154. The molecule has 1 aliphatic heterocycles. The molecule has 1 aliphatic rings. The van der Waals surface area contributed by atoms with E-state index >= 15 is 0 Å². The lowest BCUT2D eigenvalue weighted by atomic mass is 10.00. The summed E-state index contributed by atoms with van der Waals surface area (Å²) in [5.41, 5.74) is 0.179. The molecule has 1 fully saturated rings. The average Bonchev–Trinajstić information content (AvgIpc) is 2.38. The third-order valence-electron chi connectivity index (χ3n) is 3.46. The number of halogens is 1. The van der Waals surface area contributed by atoms with Crippen molar-refractivity contribution in [3.8, 4) is 0 Å². The van der Waals surface area contributed by atoms with Gasteiger partial charge in [-0.2, -0.15) is 0 Å². The number of benzene rings is 1. The Morgan fingerprint density at radius 2 is 2.21 bits per heavy atom. The van der Waals surface area contributed by atoms with Crippen LogP contribution in [0, 0.1) is 11.7 Å². The number of hydrogen-bond donors (Lipinski definition) is 1. The van der Waals surface area contributed by atoms with Crippen molar-refractivity contribution in [2.75, 3.05) is 19.6 Å². The third-order valence-corrected chi connectivity index (χ3v) is 3.46.